The Kier molecular flexibility index (Phi) is 13.4. The number of alkyl carbamates (subject to hydrolysis) is 1. The van der Waals surface area contributed by atoms with Gasteiger partial charge in [0.1, 0.15) is 17.7 Å². The van der Waals surface area contributed by atoms with Crippen LogP contribution in [0.4, 0.5) is 4.79 Å². The Morgan fingerprint density at radius 3 is 2.29 bits per heavy atom. The largest absolute Gasteiger partial charge is 0.444 e. The van der Waals surface area contributed by atoms with E-state index in [1.165, 1.54) is 0 Å². The minimum Gasteiger partial charge on any atom is -0.444 e. The van der Waals surface area contributed by atoms with E-state index in [1.807, 2.05) is 58.2 Å². The van der Waals surface area contributed by atoms with E-state index in [-0.39, 0.29) is 17.9 Å². The van der Waals surface area contributed by atoms with Crippen LogP contribution in [0.15, 0.2) is 30.8 Å². The Bertz CT molecular complexity index is 942. The second-order valence-electron chi connectivity index (χ2n) is 11.3. The lowest BCUT2D eigenvalue weighted by Gasteiger charge is -2.45. The molecule has 0 radical (unpaired) electrons. The monoisotopic (exact) mass is 547 g/mol. The summed E-state index contributed by atoms with van der Waals surface area (Å²) in [7, 11) is 0. The molecule has 0 spiro atoms. The van der Waals surface area contributed by atoms with Crippen LogP contribution in [-0.4, -0.2) is 58.0 Å². The fourth-order valence-corrected chi connectivity index (χ4v) is 4.63. The van der Waals surface area contributed by atoms with Gasteiger partial charge in [0.15, 0.2) is 0 Å². The second kappa shape index (κ2) is 15.2. The molecule has 0 bridgehead atoms. The minimum absolute atomic E-state index is 0.0496. The molecule has 1 rings (SSSR count). The fourth-order valence-electron chi connectivity index (χ4n) is 4.16. The number of thioether (sulfide) groups is 1. The summed E-state index contributed by atoms with van der Waals surface area (Å²) in [6.45, 7) is 19.2. The van der Waals surface area contributed by atoms with Crippen LogP contribution in [-0.2, 0) is 14.3 Å². The topological polar surface area (TPSA) is 87.7 Å². The van der Waals surface area contributed by atoms with E-state index in [0.29, 0.717) is 24.2 Å². The first-order valence-electron chi connectivity index (χ1n) is 13.5. The number of carbonyl (C=O) groups is 3. The SMILES string of the molecule is C=Cc1cccc(C(C(=O)NC(C)CCC)N(C(=O)C(CCSC)NC(=O)OC(C)(C)C)C(C)(C)CC)c1. The number of carbonyl (C=O) groups excluding carboxylic acids is 3. The van der Waals surface area contributed by atoms with Gasteiger partial charge in [-0.1, -0.05) is 51.1 Å². The number of nitrogens with one attached hydrogen (secondary N) is 2. The molecule has 0 saturated heterocycles. The molecule has 0 aliphatic heterocycles. The van der Waals surface area contributed by atoms with Crippen molar-refractivity contribution < 1.29 is 19.1 Å². The molecule has 0 aromatic heterocycles. The summed E-state index contributed by atoms with van der Waals surface area (Å²) >= 11 is 1.59. The Labute approximate surface area is 234 Å². The van der Waals surface area contributed by atoms with E-state index in [4.69, 9.17) is 4.74 Å². The molecule has 0 aliphatic rings. The number of ether oxygens (including phenoxy) is 1. The quantitative estimate of drug-likeness (QED) is 0.284. The summed E-state index contributed by atoms with van der Waals surface area (Å²) in [6.07, 6.45) is 5.79. The van der Waals surface area contributed by atoms with Crippen LogP contribution in [0.25, 0.3) is 6.08 Å². The van der Waals surface area contributed by atoms with E-state index in [1.54, 1.807) is 43.5 Å². The highest BCUT2D eigenvalue weighted by Gasteiger charge is 2.43. The zero-order valence-corrected chi connectivity index (χ0v) is 25.7. The Morgan fingerprint density at radius 1 is 1.11 bits per heavy atom. The van der Waals surface area contributed by atoms with Crippen LogP contribution in [0.3, 0.4) is 0 Å². The molecule has 38 heavy (non-hydrogen) atoms. The molecule has 3 amide bonds. The normalized spacial score (nSPS) is 14.1. The molecular weight excluding hydrogens is 498 g/mol. The number of rotatable bonds is 14. The van der Waals surface area contributed by atoms with Crippen molar-refractivity contribution >= 4 is 35.7 Å². The van der Waals surface area contributed by atoms with Crippen molar-refractivity contribution in [2.24, 2.45) is 0 Å². The molecule has 3 atom stereocenters. The average molecular weight is 548 g/mol. The first-order valence-corrected chi connectivity index (χ1v) is 14.9. The zero-order chi connectivity index (χ0) is 29.1. The maximum absolute atomic E-state index is 14.4. The molecular formula is C30H49N3O4S. The smallest absolute Gasteiger partial charge is 0.408 e. The van der Waals surface area contributed by atoms with Crippen LogP contribution in [0.1, 0.15) is 98.2 Å². The highest BCUT2D eigenvalue weighted by molar-refractivity contribution is 7.98. The van der Waals surface area contributed by atoms with Gasteiger partial charge in [-0.15, -0.1) is 0 Å². The fraction of sp³-hybridized carbons (Fsp3) is 0.633. The lowest BCUT2D eigenvalue weighted by molar-refractivity contribution is -0.149. The van der Waals surface area contributed by atoms with Crippen molar-refractivity contribution in [2.45, 2.75) is 110 Å². The standard InChI is InChI=1S/C30H49N3O4S/c1-11-15-21(4)31-26(34)25(23-17-14-16-22(12-2)20-23)33(30(8,9)13-3)27(35)24(18-19-38-10)32-28(36)37-29(5,6)7/h12,14,16-17,20-21,24-25H,2,11,13,15,18-19H2,1,3-10H3,(H,31,34)(H,32,36). The summed E-state index contributed by atoms with van der Waals surface area (Å²) in [5, 5.41) is 5.93. The molecule has 0 saturated carbocycles. The van der Waals surface area contributed by atoms with Crippen molar-refractivity contribution in [3.8, 4) is 0 Å². The van der Waals surface area contributed by atoms with E-state index < -0.39 is 29.3 Å². The van der Waals surface area contributed by atoms with Crippen molar-refractivity contribution in [1.29, 1.82) is 0 Å². The minimum atomic E-state index is -0.895. The summed E-state index contributed by atoms with van der Waals surface area (Å²) in [6, 6.07) is 5.74. The third kappa shape index (κ3) is 10.4. The van der Waals surface area contributed by atoms with Gasteiger partial charge >= 0.3 is 6.09 Å². The third-order valence-corrected chi connectivity index (χ3v) is 7.08. The van der Waals surface area contributed by atoms with Gasteiger partial charge < -0.3 is 20.3 Å². The lowest BCUT2D eigenvalue weighted by Crippen LogP contribution is -2.59. The molecule has 3 unspecified atom stereocenters. The summed E-state index contributed by atoms with van der Waals surface area (Å²) in [5.74, 6) is 0.0927. The van der Waals surface area contributed by atoms with Crippen LogP contribution in [0, 0.1) is 0 Å². The molecule has 8 heteroatoms. The van der Waals surface area contributed by atoms with E-state index in [2.05, 4.69) is 24.1 Å². The number of amides is 3. The van der Waals surface area contributed by atoms with Gasteiger partial charge in [-0.25, -0.2) is 4.79 Å². The first-order chi connectivity index (χ1) is 17.7. The summed E-state index contributed by atoms with van der Waals surface area (Å²) in [4.78, 5) is 42.7. The van der Waals surface area contributed by atoms with Crippen molar-refractivity contribution in [3.05, 3.63) is 42.0 Å². The van der Waals surface area contributed by atoms with Crippen LogP contribution < -0.4 is 10.6 Å². The molecule has 2 N–H and O–H groups in total. The van der Waals surface area contributed by atoms with Gasteiger partial charge in [-0.3, -0.25) is 9.59 Å². The van der Waals surface area contributed by atoms with Crippen LogP contribution in [0.2, 0.25) is 0 Å². The number of nitrogens with zero attached hydrogens (tertiary/aromatic N) is 1. The summed E-state index contributed by atoms with van der Waals surface area (Å²) in [5.41, 5.74) is 0.154. The lowest BCUT2D eigenvalue weighted by atomic mass is 9.91. The van der Waals surface area contributed by atoms with E-state index >= 15 is 0 Å². The molecule has 1 aromatic rings. The molecule has 0 heterocycles. The molecule has 0 fully saturated rings. The van der Waals surface area contributed by atoms with E-state index in [9.17, 15) is 14.4 Å². The Balaban J connectivity index is 3.67. The van der Waals surface area contributed by atoms with Crippen molar-refractivity contribution in [1.82, 2.24) is 15.5 Å². The maximum atomic E-state index is 14.4. The maximum Gasteiger partial charge on any atom is 0.408 e. The van der Waals surface area contributed by atoms with Gasteiger partial charge in [0.25, 0.3) is 0 Å². The van der Waals surface area contributed by atoms with Gasteiger partial charge in [-0.2, -0.15) is 11.8 Å². The average Bonchev–Trinajstić information content (AvgIpc) is 2.83. The van der Waals surface area contributed by atoms with E-state index in [0.717, 1.165) is 18.4 Å². The van der Waals surface area contributed by atoms with Crippen molar-refractivity contribution in [3.63, 3.8) is 0 Å². The number of hydrogen-bond donors (Lipinski definition) is 2. The third-order valence-electron chi connectivity index (χ3n) is 6.43. The summed E-state index contributed by atoms with van der Waals surface area (Å²) < 4.78 is 5.47. The Hall–Kier alpha value is -2.48. The molecule has 7 nitrogen and oxygen atoms in total. The Morgan fingerprint density at radius 2 is 1.76 bits per heavy atom. The predicted molar refractivity (Wildman–Crippen MR) is 159 cm³/mol. The van der Waals surface area contributed by atoms with Crippen molar-refractivity contribution in [2.75, 3.05) is 12.0 Å². The van der Waals surface area contributed by atoms with Crippen LogP contribution in [0.5, 0.6) is 0 Å². The number of hydrogen-bond acceptors (Lipinski definition) is 5. The van der Waals surface area contributed by atoms with Gasteiger partial charge in [-0.05, 0) is 90.0 Å². The highest BCUT2D eigenvalue weighted by atomic mass is 32.2. The van der Waals surface area contributed by atoms with Gasteiger partial charge in [0.05, 0.1) is 0 Å². The predicted octanol–water partition coefficient (Wildman–Crippen LogP) is 6.34. The first kappa shape index (κ1) is 33.5. The van der Waals surface area contributed by atoms with Gasteiger partial charge in [0.2, 0.25) is 11.8 Å². The number of benzene rings is 1. The molecule has 1 aromatic carbocycles. The molecule has 0 aliphatic carbocycles. The van der Waals surface area contributed by atoms with Crippen LogP contribution >= 0.6 is 11.8 Å². The zero-order valence-electron chi connectivity index (χ0n) is 24.8. The van der Waals surface area contributed by atoms with Gasteiger partial charge in [0, 0.05) is 11.6 Å². The molecule has 214 valence electrons. The highest BCUT2D eigenvalue weighted by Crippen LogP contribution is 2.33. The second-order valence-corrected chi connectivity index (χ2v) is 12.3.